The Morgan fingerprint density at radius 3 is 2.79 bits per heavy atom. The molecule has 0 aliphatic heterocycles. The summed E-state index contributed by atoms with van der Waals surface area (Å²) in [6.07, 6.45) is 0. The number of anilines is 1. The molecule has 0 amide bonds. The molecule has 0 fully saturated rings. The van der Waals surface area contributed by atoms with Gasteiger partial charge in [0.25, 0.3) is 0 Å². The summed E-state index contributed by atoms with van der Waals surface area (Å²) in [4.78, 5) is 4.26. The Morgan fingerprint density at radius 2 is 1.95 bits per heavy atom. The maximum absolute atomic E-state index is 5.99. The molecule has 0 unspecified atom stereocenters. The van der Waals surface area contributed by atoms with Gasteiger partial charge in [-0.05, 0) is 35.9 Å². The van der Waals surface area contributed by atoms with E-state index in [1.54, 1.807) is 11.3 Å². The Morgan fingerprint density at radius 1 is 1.05 bits per heavy atom. The molecule has 1 heterocycles. The molecule has 0 aliphatic carbocycles. The maximum atomic E-state index is 5.99. The number of rotatable bonds is 3. The van der Waals surface area contributed by atoms with Gasteiger partial charge in [-0.25, -0.2) is 4.98 Å². The minimum atomic E-state index is 0.580. The fourth-order valence-electron chi connectivity index (χ4n) is 1.82. The van der Waals surface area contributed by atoms with Crippen molar-refractivity contribution in [3.63, 3.8) is 0 Å². The molecule has 1 N–H and O–H groups in total. The summed E-state index contributed by atoms with van der Waals surface area (Å²) < 4.78 is 1.18. The van der Waals surface area contributed by atoms with Gasteiger partial charge in [-0.15, -0.1) is 11.3 Å². The van der Waals surface area contributed by atoms with E-state index in [1.807, 2.05) is 35.8 Å². The predicted molar refractivity (Wildman–Crippen MR) is 83.4 cm³/mol. The van der Waals surface area contributed by atoms with Gasteiger partial charge < -0.3 is 5.32 Å². The van der Waals surface area contributed by atoms with E-state index in [1.165, 1.54) is 4.70 Å². The molecule has 0 bridgehead atoms. The molecule has 0 spiro atoms. The monoisotopic (exact) mass is 308 g/mol. The van der Waals surface area contributed by atoms with Crippen LogP contribution in [-0.4, -0.2) is 4.98 Å². The Bertz CT molecular complexity index is 724. The average Bonchev–Trinajstić information content (AvgIpc) is 2.87. The number of fused-ring (bicyclic) bond motifs is 1. The molecule has 96 valence electrons. The molecule has 2 aromatic carbocycles. The van der Waals surface area contributed by atoms with E-state index in [2.05, 4.69) is 16.4 Å². The van der Waals surface area contributed by atoms with Crippen molar-refractivity contribution in [3.05, 3.63) is 57.5 Å². The van der Waals surface area contributed by atoms with Gasteiger partial charge in [0.2, 0.25) is 0 Å². The predicted octanol–water partition coefficient (Wildman–Crippen LogP) is 5.22. The van der Waals surface area contributed by atoms with E-state index < -0.39 is 0 Å². The average molecular weight is 309 g/mol. The van der Waals surface area contributed by atoms with Crippen molar-refractivity contribution in [2.24, 2.45) is 0 Å². The number of thiazole rings is 1. The Balaban J connectivity index is 1.75. The Labute approximate surface area is 125 Å². The lowest BCUT2D eigenvalue weighted by Crippen LogP contribution is -1.98. The fraction of sp³-hybridized carbons (Fsp3) is 0.0714. The summed E-state index contributed by atoms with van der Waals surface area (Å²) in [5.41, 5.74) is 5.06. The first kappa shape index (κ1) is 12.7. The van der Waals surface area contributed by atoms with Crippen LogP contribution in [0.15, 0.2) is 41.9 Å². The highest BCUT2D eigenvalue weighted by molar-refractivity contribution is 7.16. The molecule has 19 heavy (non-hydrogen) atoms. The molecule has 0 saturated heterocycles. The van der Waals surface area contributed by atoms with Gasteiger partial charge in [0.15, 0.2) is 0 Å². The molecule has 5 heteroatoms. The fourth-order valence-corrected chi connectivity index (χ4v) is 2.86. The number of hydrogen-bond donors (Lipinski definition) is 1. The highest BCUT2D eigenvalue weighted by atomic mass is 35.5. The number of nitrogens with zero attached hydrogens (tertiary/aromatic N) is 1. The topological polar surface area (TPSA) is 24.9 Å². The van der Waals surface area contributed by atoms with Crippen molar-refractivity contribution in [2.45, 2.75) is 6.54 Å². The largest absolute Gasteiger partial charge is 0.381 e. The number of benzene rings is 2. The third-order valence-electron chi connectivity index (χ3n) is 2.81. The molecule has 0 aliphatic rings. The molecule has 1 aromatic heterocycles. The number of nitrogens with one attached hydrogen (secondary N) is 1. The van der Waals surface area contributed by atoms with Gasteiger partial charge in [0, 0.05) is 12.2 Å². The summed E-state index contributed by atoms with van der Waals surface area (Å²) in [5.74, 6) is 0. The SMILES string of the molecule is Clc1ccc(CNc2ccc3ncsc3c2)cc1Cl. The second-order valence-corrected chi connectivity index (χ2v) is 5.84. The summed E-state index contributed by atoms with van der Waals surface area (Å²) in [6.45, 7) is 0.710. The van der Waals surface area contributed by atoms with E-state index in [4.69, 9.17) is 23.2 Å². The second-order valence-electron chi connectivity index (χ2n) is 4.14. The van der Waals surface area contributed by atoms with Gasteiger partial charge in [-0.2, -0.15) is 0 Å². The Kier molecular flexibility index (Phi) is 3.60. The standard InChI is InChI=1S/C14H10Cl2N2S/c15-11-3-1-9(5-12(11)16)7-17-10-2-4-13-14(6-10)19-8-18-13/h1-6,8,17H,7H2. The van der Waals surface area contributed by atoms with Gasteiger partial charge in [0.05, 0.1) is 25.8 Å². The lowest BCUT2D eigenvalue weighted by molar-refractivity contribution is 1.15. The third kappa shape index (κ3) is 2.84. The third-order valence-corrected chi connectivity index (χ3v) is 4.34. The molecule has 3 aromatic rings. The zero-order valence-electron chi connectivity index (χ0n) is 9.86. The van der Waals surface area contributed by atoms with Crippen LogP contribution in [0.25, 0.3) is 10.2 Å². The number of hydrogen-bond acceptors (Lipinski definition) is 3. The lowest BCUT2D eigenvalue weighted by Gasteiger charge is -2.07. The minimum absolute atomic E-state index is 0.580. The molecule has 0 radical (unpaired) electrons. The van der Waals surface area contributed by atoms with Crippen molar-refractivity contribution in [3.8, 4) is 0 Å². The summed E-state index contributed by atoms with van der Waals surface area (Å²) in [5, 5.41) is 4.53. The molecule has 3 rings (SSSR count). The molecule has 2 nitrogen and oxygen atoms in total. The highest BCUT2D eigenvalue weighted by Gasteiger charge is 2.01. The quantitative estimate of drug-likeness (QED) is 0.718. The van der Waals surface area contributed by atoms with Crippen LogP contribution in [0.1, 0.15) is 5.56 Å². The van der Waals surface area contributed by atoms with Crippen LogP contribution in [0, 0.1) is 0 Å². The first-order chi connectivity index (χ1) is 9.22. The lowest BCUT2D eigenvalue weighted by atomic mass is 10.2. The zero-order chi connectivity index (χ0) is 13.2. The number of halogens is 2. The zero-order valence-corrected chi connectivity index (χ0v) is 12.2. The molecular formula is C14H10Cl2N2S. The van der Waals surface area contributed by atoms with Gasteiger partial charge in [-0.1, -0.05) is 29.3 Å². The van der Waals surface area contributed by atoms with E-state index in [9.17, 15) is 0 Å². The summed E-state index contributed by atoms with van der Waals surface area (Å²) >= 11 is 13.5. The van der Waals surface area contributed by atoms with Crippen LogP contribution in [0.5, 0.6) is 0 Å². The highest BCUT2D eigenvalue weighted by Crippen LogP contribution is 2.24. The number of aromatic nitrogens is 1. The van der Waals surface area contributed by atoms with E-state index >= 15 is 0 Å². The second kappa shape index (κ2) is 5.37. The maximum Gasteiger partial charge on any atom is 0.0813 e. The normalized spacial score (nSPS) is 10.8. The molecule has 0 atom stereocenters. The Hall–Kier alpha value is -1.29. The van der Waals surface area contributed by atoms with Crippen LogP contribution in [0.3, 0.4) is 0 Å². The van der Waals surface area contributed by atoms with Gasteiger partial charge >= 0.3 is 0 Å². The van der Waals surface area contributed by atoms with Crippen LogP contribution in [-0.2, 0) is 6.54 Å². The van der Waals surface area contributed by atoms with E-state index in [0.29, 0.717) is 16.6 Å². The van der Waals surface area contributed by atoms with Crippen LogP contribution in [0.4, 0.5) is 5.69 Å². The van der Waals surface area contributed by atoms with Crippen molar-refractivity contribution < 1.29 is 0 Å². The van der Waals surface area contributed by atoms with E-state index in [-0.39, 0.29) is 0 Å². The van der Waals surface area contributed by atoms with Crippen molar-refractivity contribution in [1.82, 2.24) is 4.98 Å². The smallest absolute Gasteiger partial charge is 0.0813 e. The minimum Gasteiger partial charge on any atom is -0.381 e. The van der Waals surface area contributed by atoms with E-state index in [0.717, 1.165) is 16.8 Å². The van der Waals surface area contributed by atoms with Crippen molar-refractivity contribution >= 4 is 50.4 Å². The summed E-state index contributed by atoms with van der Waals surface area (Å²) in [6, 6.07) is 11.8. The first-order valence-electron chi connectivity index (χ1n) is 5.73. The van der Waals surface area contributed by atoms with Crippen molar-refractivity contribution in [2.75, 3.05) is 5.32 Å². The first-order valence-corrected chi connectivity index (χ1v) is 7.37. The van der Waals surface area contributed by atoms with Gasteiger partial charge in [0.1, 0.15) is 0 Å². The molecule has 0 saturated carbocycles. The molecular weight excluding hydrogens is 299 g/mol. The van der Waals surface area contributed by atoms with Crippen LogP contribution >= 0.6 is 34.5 Å². The van der Waals surface area contributed by atoms with Gasteiger partial charge in [-0.3, -0.25) is 0 Å². The van der Waals surface area contributed by atoms with Crippen LogP contribution < -0.4 is 5.32 Å². The summed E-state index contributed by atoms with van der Waals surface area (Å²) in [7, 11) is 0. The van der Waals surface area contributed by atoms with Crippen LogP contribution in [0.2, 0.25) is 10.0 Å². The van der Waals surface area contributed by atoms with Crippen molar-refractivity contribution in [1.29, 1.82) is 0 Å².